The molecule has 4 rings (SSSR count). The van der Waals surface area contributed by atoms with Gasteiger partial charge in [0.25, 0.3) is 5.91 Å². The molecule has 1 aliphatic heterocycles. The van der Waals surface area contributed by atoms with E-state index in [1.54, 1.807) is 42.5 Å². The standard InChI is InChI=1S/C21H21FN6O2/c1-23-20-10-14(6-7-24-20)21(29)28-8-9-30-18(13-28)17-4-3-16(12-25-17)27-19-5-2-15(22)11-26-19/h2-7,10-12,18H,8-9,13H2,1H3,(H,23,24)(H,26,27). The molecule has 4 heterocycles. The number of nitrogens with zero attached hydrogens (tertiary/aromatic N) is 4. The van der Waals surface area contributed by atoms with Gasteiger partial charge in [0.05, 0.1) is 36.9 Å². The van der Waals surface area contributed by atoms with E-state index in [0.29, 0.717) is 36.9 Å². The summed E-state index contributed by atoms with van der Waals surface area (Å²) < 4.78 is 18.8. The lowest BCUT2D eigenvalue weighted by atomic mass is 10.1. The van der Waals surface area contributed by atoms with Gasteiger partial charge in [-0.05, 0) is 36.4 Å². The van der Waals surface area contributed by atoms with E-state index in [0.717, 1.165) is 17.6 Å². The number of hydrogen-bond donors (Lipinski definition) is 2. The summed E-state index contributed by atoms with van der Waals surface area (Å²) in [6.45, 7) is 1.36. The fraction of sp³-hybridized carbons (Fsp3) is 0.238. The van der Waals surface area contributed by atoms with Crippen LogP contribution in [0.25, 0.3) is 0 Å². The summed E-state index contributed by atoms with van der Waals surface area (Å²) in [5.41, 5.74) is 2.03. The van der Waals surface area contributed by atoms with Crippen molar-refractivity contribution in [2.24, 2.45) is 0 Å². The van der Waals surface area contributed by atoms with Crippen molar-refractivity contribution in [3.63, 3.8) is 0 Å². The van der Waals surface area contributed by atoms with E-state index in [9.17, 15) is 9.18 Å². The molecule has 0 radical (unpaired) electrons. The number of rotatable bonds is 5. The molecule has 0 aliphatic carbocycles. The van der Waals surface area contributed by atoms with Crippen molar-refractivity contribution in [2.75, 3.05) is 37.4 Å². The van der Waals surface area contributed by atoms with Crippen molar-refractivity contribution < 1.29 is 13.9 Å². The van der Waals surface area contributed by atoms with Crippen LogP contribution >= 0.6 is 0 Å². The molecule has 3 aromatic rings. The largest absolute Gasteiger partial charge is 0.373 e. The molecule has 1 saturated heterocycles. The van der Waals surface area contributed by atoms with E-state index in [1.807, 2.05) is 12.1 Å². The number of aromatic nitrogens is 3. The number of anilines is 3. The van der Waals surface area contributed by atoms with Crippen molar-refractivity contribution >= 4 is 23.2 Å². The lowest BCUT2D eigenvalue weighted by Crippen LogP contribution is -2.42. The topological polar surface area (TPSA) is 92.3 Å². The van der Waals surface area contributed by atoms with Gasteiger partial charge < -0.3 is 20.3 Å². The molecule has 0 spiro atoms. The Morgan fingerprint density at radius 1 is 1.13 bits per heavy atom. The zero-order valence-corrected chi connectivity index (χ0v) is 16.4. The zero-order chi connectivity index (χ0) is 20.9. The van der Waals surface area contributed by atoms with Crippen molar-refractivity contribution in [3.8, 4) is 0 Å². The summed E-state index contributed by atoms with van der Waals surface area (Å²) in [6, 6.07) is 10.0. The number of carbonyl (C=O) groups excluding carboxylic acids is 1. The third kappa shape index (κ3) is 4.52. The predicted octanol–water partition coefficient (Wildman–Crippen LogP) is 3.01. The van der Waals surface area contributed by atoms with E-state index >= 15 is 0 Å². The fourth-order valence-corrected chi connectivity index (χ4v) is 3.16. The minimum Gasteiger partial charge on any atom is -0.373 e. The second kappa shape index (κ2) is 8.83. The van der Waals surface area contributed by atoms with Gasteiger partial charge in [0.2, 0.25) is 0 Å². The van der Waals surface area contributed by atoms with Gasteiger partial charge in [0, 0.05) is 25.4 Å². The summed E-state index contributed by atoms with van der Waals surface area (Å²) in [5.74, 6) is 0.709. The van der Waals surface area contributed by atoms with Crippen LogP contribution in [0.3, 0.4) is 0 Å². The van der Waals surface area contributed by atoms with E-state index < -0.39 is 5.82 Å². The molecule has 1 aliphatic rings. The Kier molecular flexibility index (Phi) is 5.80. The number of halogens is 1. The smallest absolute Gasteiger partial charge is 0.254 e. The highest BCUT2D eigenvalue weighted by Gasteiger charge is 2.27. The van der Waals surface area contributed by atoms with Gasteiger partial charge in [0.15, 0.2) is 0 Å². The first-order valence-corrected chi connectivity index (χ1v) is 9.51. The molecule has 30 heavy (non-hydrogen) atoms. The Morgan fingerprint density at radius 3 is 2.77 bits per heavy atom. The number of amides is 1. The summed E-state index contributed by atoms with van der Waals surface area (Å²) in [6.07, 6.45) is 4.10. The first-order chi connectivity index (χ1) is 14.6. The molecular formula is C21H21FN6O2. The molecule has 0 saturated carbocycles. The van der Waals surface area contributed by atoms with Crippen LogP contribution in [-0.2, 0) is 4.74 Å². The van der Waals surface area contributed by atoms with Gasteiger partial charge in [0.1, 0.15) is 23.6 Å². The second-order valence-electron chi connectivity index (χ2n) is 6.75. The van der Waals surface area contributed by atoms with Gasteiger partial charge in [-0.2, -0.15) is 0 Å². The number of pyridine rings is 3. The Morgan fingerprint density at radius 2 is 2.03 bits per heavy atom. The SMILES string of the molecule is CNc1cc(C(=O)N2CCOC(c3ccc(Nc4ccc(F)cn4)cn3)C2)ccn1. The van der Waals surface area contributed by atoms with Crippen LogP contribution in [0.5, 0.6) is 0 Å². The average Bonchev–Trinajstić information content (AvgIpc) is 2.81. The normalized spacial score (nSPS) is 16.2. The van der Waals surface area contributed by atoms with Gasteiger partial charge in [-0.25, -0.2) is 14.4 Å². The highest BCUT2D eigenvalue weighted by atomic mass is 19.1. The van der Waals surface area contributed by atoms with Gasteiger partial charge in [-0.1, -0.05) is 0 Å². The maximum Gasteiger partial charge on any atom is 0.254 e. The van der Waals surface area contributed by atoms with E-state index in [2.05, 4.69) is 25.6 Å². The Hall–Kier alpha value is -3.59. The fourth-order valence-electron chi connectivity index (χ4n) is 3.16. The van der Waals surface area contributed by atoms with Gasteiger partial charge >= 0.3 is 0 Å². The Bertz CT molecular complexity index is 1010. The molecule has 1 amide bonds. The molecule has 1 atom stereocenters. The molecule has 0 aromatic carbocycles. The molecule has 0 bridgehead atoms. The van der Waals surface area contributed by atoms with Crippen molar-refractivity contribution in [1.82, 2.24) is 19.9 Å². The summed E-state index contributed by atoms with van der Waals surface area (Å²) in [7, 11) is 1.76. The number of morpholine rings is 1. The maximum atomic E-state index is 13.0. The molecule has 2 N–H and O–H groups in total. The molecular weight excluding hydrogens is 387 g/mol. The molecule has 3 aromatic heterocycles. The van der Waals surface area contributed by atoms with E-state index in [4.69, 9.17) is 4.74 Å². The number of nitrogens with one attached hydrogen (secondary N) is 2. The predicted molar refractivity (Wildman–Crippen MR) is 110 cm³/mol. The minimum absolute atomic E-state index is 0.0668. The molecule has 1 unspecified atom stereocenters. The van der Waals surface area contributed by atoms with Crippen LogP contribution < -0.4 is 10.6 Å². The van der Waals surface area contributed by atoms with Crippen LogP contribution in [0.1, 0.15) is 22.2 Å². The average molecular weight is 408 g/mol. The minimum atomic E-state index is -0.392. The maximum absolute atomic E-state index is 13.0. The molecule has 9 heteroatoms. The van der Waals surface area contributed by atoms with Gasteiger partial charge in [-0.3, -0.25) is 9.78 Å². The third-order valence-corrected chi connectivity index (χ3v) is 4.73. The first-order valence-electron chi connectivity index (χ1n) is 9.51. The summed E-state index contributed by atoms with van der Waals surface area (Å²) in [5, 5.41) is 6.00. The molecule has 1 fully saturated rings. The molecule has 154 valence electrons. The number of ether oxygens (including phenoxy) is 1. The summed E-state index contributed by atoms with van der Waals surface area (Å²) >= 11 is 0. The highest BCUT2D eigenvalue weighted by Crippen LogP contribution is 2.24. The quantitative estimate of drug-likeness (QED) is 0.670. The van der Waals surface area contributed by atoms with Crippen LogP contribution in [0, 0.1) is 5.82 Å². The van der Waals surface area contributed by atoms with Crippen molar-refractivity contribution in [2.45, 2.75) is 6.10 Å². The van der Waals surface area contributed by atoms with Crippen LogP contribution in [0.15, 0.2) is 55.0 Å². The second-order valence-corrected chi connectivity index (χ2v) is 6.75. The molecule has 8 nitrogen and oxygen atoms in total. The zero-order valence-electron chi connectivity index (χ0n) is 16.4. The Labute approximate surface area is 173 Å². The van der Waals surface area contributed by atoms with Crippen molar-refractivity contribution in [1.29, 1.82) is 0 Å². The van der Waals surface area contributed by atoms with Crippen LogP contribution in [0.2, 0.25) is 0 Å². The van der Waals surface area contributed by atoms with Gasteiger partial charge in [-0.15, -0.1) is 0 Å². The first kappa shape index (κ1) is 19.7. The van der Waals surface area contributed by atoms with Crippen LogP contribution in [-0.4, -0.2) is 52.5 Å². The number of hydrogen-bond acceptors (Lipinski definition) is 7. The Balaban J connectivity index is 1.42. The number of carbonyl (C=O) groups is 1. The van der Waals surface area contributed by atoms with E-state index in [-0.39, 0.29) is 12.0 Å². The lowest BCUT2D eigenvalue weighted by molar-refractivity contribution is -0.0247. The van der Waals surface area contributed by atoms with Crippen molar-refractivity contribution in [3.05, 3.63) is 72.1 Å². The third-order valence-electron chi connectivity index (χ3n) is 4.73. The lowest BCUT2D eigenvalue weighted by Gasteiger charge is -2.32. The monoisotopic (exact) mass is 408 g/mol. The summed E-state index contributed by atoms with van der Waals surface area (Å²) in [4.78, 5) is 27.2. The van der Waals surface area contributed by atoms with Crippen LogP contribution in [0.4, 0.5) is 21.7 Å². The highest BCUT2D eigenvalue weighted by molar-refractivity contribution is 5.94. The van der Waals surface area contributed by atoms with E-state index in [1.165, 1.54) is 6.07 Å².